The van der Waals surface area contributed by atoms with Crippen molar-refractivity contribution >= 4 is 16.9 Å². The van der Waals surface area contributed by atoms with Crippen LogP contribution in [0.5, 0.6) is 0 Å². The second kappa shape index (κ2) is 10.8. The Morgan fingerprint density at radius 1 is 0.857 bits per heavy atom. The number of rotatable bonds is 13. The summed E-state index contributed by atoms with van der Waals surface area (Å²) in [5.74, 6) is 0. The van der Waals surface area contributed by atoms with Crippen molar-refractivity contribution in [3.05, 3.63) is 0 Å². The molecule has 0 atom stereocenters. The maximum atomic E-state index is 11.9. The zero-order chi connectivity index (χ0) is 16.4. The van der Waals surface area contributed by atoms with E-state index in [4.69, 9.17) is 18.0 Å². The quantitative estimate of drug-likeness (QED) is 0.378. The first kappa shape index (κ1) is 21.1. The minimum Gasteiger partial charge on any atom is -0.377 e. The van der Waals surface area contributed by atoms with Crippen LogP contribution in [-0.2, 0) is 18.0 Å². The molecule has 0 spiro atoms. The zero-order valence-corrected chi connectivity index (χ0v) is 15.9. The van der Waals surface area contributed by atoms with Crippen LogP contribution in [0.2, 0.25) is 31.2 Å². The predicted molar refractivity (Wildman–Crippen MR) is 84.7 cm³/mol. The van der Waals surface area contributed by atoms with E-state index in [1.165, 1.54) is 0 Å². The summed E-state index contributed by atoms with van der Waals surface area (Å²) < 4.78 is 45.0. The maximum Gasteiger partial charge on any atom is 0.500 e. The highest BCUT2D eigenvalue weighted by Gasteiger charge is 2.37. The van der Waals surface area contributed by atoms with Gasteiger partial charge in [0.1, 0.15) is 6.61 Å². The summed E-state index contributed by atoms with van der Waals surface area (Å²) in [4.78, 5) is 0. The van der Waals surface area contributed by atoms with Crippen LogP contribution in [-0.4, -0.2) is 57.8 Å². The lowest BCUT2D eigenvalue weighted by atomic mass is 10.5. The molecule has 0 saturated heterocycles. The second-order valence-electron chi connectivity index (χ2n) is 5.88. The molecule has 4 nitrogen and oxygen atoms in total. The molecule has 0 aliphatic rings. The van der Waals surface area contributed by atoms with Gasteiger partial charge in [-0.25, -0.2) is 8.78 Å². The molecule has 0 rings (SSSR count). The maximum absolute atomic E-state index is 11.9. The Balaban J connectivity index is 3.91. The van der Waals surface area contributed by atoms with Crippen LogP contribution in [0.1, 0.15) is 12.8 Å². The molecule has 0 aromatic rings. The SMILES string of the molecule is CO[Si](CCC[Si](C)(C)CCCOCC(F)F)(OC)OC. The summed E-state index contributed by atoms with van der Waals surface area (Å²) in [6.45, 7) is 4.60. The standard InChI is InChI=1S/C13H30F2O4Si2/c1-16-21(17-2,18-3)11-7-10-20(4,5)9-6-8-19-12-13(14)15/h13H,6-12H2,1-5H3. The fourth-order valence-electron chi connectivity index (χ4n) is 2.29. The van der Waals surface area contributed by atoms with E-state index >= 15 is 0 Å². The first-order chi connectivity index (χ1) is 9.81. The average Bonchev–Trinajstić information content (AvgIpc) is 2.43. The molecule has 128 valence electrons. The topological polar surface area (TPSA) is 36.9 Å². The Bertz CT molecular complexity index is 256. The number of hydrogen-bond donors (Lipinski definition) is 0. The van der Waals surface area contributed by atoms with Gasteiger partial charge in [0, 0.05) is 42.1 Å². The molecule has 0 aromatic carbocycles. The van der Waals surface area contributed by atoms with E-state index in [0.717, 1.165) is 31.0 Å². The molecule has 0 aliphatic carbocycles. The third kappa shape index (κ3) is 9.69. The van der Waals surface area contributed by atoms with Crippen molar-refractivity contribution < 1.29 is 26.8 Å². The van der Waals surface area contributed by atoms with Crippen molar-refractivity contribution in [2.45, 2.75) is 50.5 Å². The van der Waals surface area contributed by atoms with Crippen molar-refractivity contribution in [3.8, 4) is 0 Å². The van der Waals surface area contributed by atoms with Crippen LogP contribution >= 0.6 is 0 Å². The zero-order valence-electron chi connectivity index (χ0n) is 13.9. The largest absolute Gasteiger partial charge is 0.500 e. The third-order valence-corrected chi connectivity index (χ3v) is 9.90. The van der Waals surface area contributed by atoms with Gasteiger partial charge in [0.25, 0.3) is 6.43 Å². The molecule has 0 fully saturated rings. The fraction of sp³-hybridized carbons (Fsp3) is 1.00. The van der Waals surface area contributed by atoms with E-state index in [-0.39, 0.29) is 0 Å². The van der Waals surface area contributed by atoms with Crippen LogP contribution in [0.3, 0.4) is 0 Å². The summed E-state index contributed by atoms with van der Waals surface area (Å²) in [5, 5.41) is 0. The van der Waals surface area contributed by atoms with Crippen molar-refractivity contribution in [1.29, 1.82) is 0 Å². The smallest absolute Gasteiger partial charge is 0.377 e. The predicted octanol–water partition coefficient (Wildman–Crippen LogP) is 3.63. The molecular weight excluding hydrogens is 314 g/mol. The Kier molecular flexibility index (Phi) is 10.9. The summed E-state index contributed by atoms with van der Waals surface area (Å²) in [7, 11) is 1.09. The van der Waals surface area contributed by atoms with Gasteiger partial charge < -0.3 is 18.0 Å². The van der Waals surface area contributed by atoms with Crippen LogP contribution < -0.4 is 0 Å². The van der Waals surface area contributed by atoms with Gasteiger partial charge in [0.15, 0.2) is 0 Å². The Morgan fingerprint density at radius 3 is 1.86 bits per heavy atom. The molecule has 0 bridgehead atoms. The van der Waals surface area contributed by atoms with Gasteiger partial charge in [-0.15, -0.1) is 0 Å². The van der Waals surface area contributed by atoms with E-state index in [1.54, 1.807) is 21.3 Å². The van der Waals surface area contributed by atoms with Crippen molar-refractivity contribution in [1.82, 2.24) is 0 Å². The second-order valence-corrected chi connectivity index (χ2v) is 14.3. The summed E-state index contributed by atoms with van der Waals surface area (Å²) >= 11 is 0. The normalized spacial score (nSPS) is 13.1. The van der Waals surface area contributed by atoms with E-state index in [0.29, 0.717) is 6.61 Å². The monoisotopic (exact) mass is 344 g/mol. The lowest BCUT2D eigenvalue weighted by molar-refractivity contribution is 0.0177. The van der Waals surface area contributed by atoms with Crippen LogP contribution in [0.15, 0.2) is 0 Å². The third-order valence-electron chi connectivity index (χ3n) is 3.66. The molecule has 0 unspecified atom stereocenters. The van der Waals surface area contributed by atoms with Crippen LogP contribution in [0.4, 0.5) is 8.78 Å². The Labute approximate surface area is 129 Å². The number of hydrogen-bond acceptors (Lipinski definition) is 4. The molecule has 0 N–H and O–H groups in total. The molecule has 8 heteroatoms. The summed E-state index contributed by atoms with van der Waals surface area (Å²) in [6.07, 6.45) is -0.503. The first-order valence-corrected chi connectivity index (χ1v) is 12.7. The molecular formula is C13H30F2O4Si2. The van der Waals surface area contributed by atoms with E-state index < -0.39 is 29.9 Å². The summed E-state index contributed by atoms with van der Waals surface area (Å²) in [6, 6.07) is 3.04. The molecule has 0 heterocycles. The average molecular weight is 345 g/mol. The minimum absolute atomic E-state index is 0.424. The molecule has 0 amide bonds. The molecule has 0 radical (unpaired) electrons. The highest BCUT2D eigenvalue weighted by Crippen LogP contribution is 2.24. The number of alkyl halides is 2. The number of halogens is 2. The fourth-order valence-corrected chi connectivity index (χ4v) is 6.85. The van der Waals surface area contributed by atoms with Gasteiger partial charge in [0.2, 0.25) is 0 Å². The van der Waals surface area contributed by atoms with Crippen molar-refractivity contribution in [2.75, 3.05) is 34.5 Å². The highest BCUT2D eigenvalue weighted by molar-refractivity contribution is 6.77. The van der Waals surface area contributed by atoms with E-state index in [9.17, 15) is 8.78 Å². The van der Waals surface area contributed by atoms with Gasteiger partial charge in [0.05, 0.1) is 0 Å². The van der Waals surface area contributed by atoms with Gasteiger partial charge >= 0.3 is 8.80 Å². The number of ether oxygens (including phenoxy) is 1. The van der Waals surface area contributed by atoms with Crippen LogP contribution in [0.25, 0.3) is 0 Å². The molecule has 0 aromatic heterocycles. The minimum atomic E-state index is -2.46. The van der Waals surface area contributed by atoms with Crippen molar-refractivity contribution in [2.24, 2.45) is 0 Å². The van der Waals surface area contributed by atoms with Crippen LogP contribution in [0, 0.1) is 0 Å². The molecule has 0 aliphatic heterocycles. The Morgan fingerprint density at radius 2 is 1.38 bits per heavy atom. The summed E-state index contributed by atoms with van der Waals surface area (Å²) in [5.41, 5.74) is 0. The lowest BCUT2D eigenvalue weighted by Crippen LogP contribution is -2.43. The Hall–Kier alpha value is 0.134. The van der Waals surface area contributed by atoms with Gasteiger partial charge in [-0.2, -0.15) is 0 Å². The van der Waals surface area contributed by atoms with Gasteiger partial charge in [-0.1, -0.05) is 31.6 Å². The van der Waals surface area contributed by atoms with Gasteiger partial charge in [-0.05, 0) is 6.42 Å². The van der Waals surface area contributed by atoms with Gasteiger partial charge in [-0.3, -0.25) is 0 Å². The molecule has 21 heavy (non-hydrogen) atoms. The van der Waals surface area contributed by atoms with E-state index in [2.05, 4.69) is 13.1 Å². The van der Waals surface area contributed by atoms with Crippen molar-refractivity contribution in [3.63, 3.8) is 0 Å². The highest BCUT2D eigenvalue weighted by atomic mass is 28.4. The first-order valence-electron chi connectivity index (χ1n) is 7.32. The molecule has 0 saturated carbocycles. The van der Waals surface area contributed by atoms with E-state index in [1.807, 2.05) is 0 Å². The lowest BCUT2D eigenvalue weighted by Gasteiger charge is -2.27.